The van der Waals surface area contributed by atoms with Gasteiger partial charge in [-0.3, -0.25) is 0 Å². The van der Waals surface area contributed by atoms with E-state index in [9.17, 15) is 0 Å². The smallest absolute Gasteiger partial charge is 0.161 e. The summed E-state index contributed by atoms with van der Waals surface area (Å²) in [5.41, 5.74) is 2.59. The second kappa shape index (κ2) is 13.0. The Morgan fingerprint density at radius 1 is 0.500 bits per heavy atom. The minimum atomic E-state index is 0.413. The number of hydrogen-bond acceptors (Lipinski definition) is 6. The topological polar surface area (TPSA) is 55.4 Å². The summed E-state index contributed by atoms with van der Waals surface area (Å²) in [5, 5.41) is 0. The Morgan fingerprint density at radius 2 is 0.786 bits per heavy atom. The maximum Gasteiger partial charge on any atom is 0.161 e. The molecule has 0 saturated heterocycles. The van der Waals surface area contributed by atoms with Crippen LogP contribution < -0.4 is 9.47 Å². The van der Waals surface area contributed by atoms with Crippen molar-refractivity contribution in [3.63, 3.8) is 0 Å². The third-order valence-electron chi connectivity index (χ3n) is 4.48. The van der Waals surface area contributed by atoms with Crippen LogP contribution in [0, 0.1) is 0 Å². The second-order valence-corrected chi connectivity index (χ2v) is 7.38. The Morgan fingerprint density at radius 3 is 1.07 bits per heavy atom. The van der Waals surface area contributed by atoms with Crippen LogP contribution in [0.4, 0.5) is 0 Å². The van der Waals surface area contributed by atoms with E-state index < -0.39 is 0 Å². The molecule has 0 N–H and O–H groups in total. The predicted molar refractivity (Wildman–Crippen MR) is 109 cm³/mol. The van der Waals surface area contributed by atoms with Gasteiger partial charge < -0.3 is 28.4 Å². The molecule has 0 aromatic heterocycles. The SMILES string of the molecule is CC(C)c1cc2c(cc1C(C)C)OCCOCCOCCOCCOCCO2. The second-order valence-electron chi connectivity index (χ2n) is 7.38. The molecular weight excluding hydrogens is 360 g/mol. The first-order valence-corrected chi connectivity index (χ1v) is 10.3. The fourth-order valence-corrected chi connectivity index (χ4v) is 3.00. The summed E-state index contributed by atoms with van der Waals surface area (Å²) in [6, 6.07) is 4.23. The summed E-state index contributed by atoms with van der Waals surface area (Å²) < 4.78 is 34.1. The Bertz CT molecular complexity index is 509. The highest BCUT2D eigenvalue weighted by molar-refractivity contribution is 5.49. The fraction of sp³-hybridized carbons (Fsp3) is 0.727. The van der Waals surface area contributed by atoms with Gasteiger partial charge in [-0.1, -0.05) is 27.7 Å². The first-order valence-electron chi connectivity index (χ1n) is 10.3. The normalized spacial score (nSPS) is 18.6. The van der Waals surface area contributed by atoms with Gasteiger partial charge in [0.05, 0.1) is 52.9 Å². The Labute approximate surface area is 169 Å². The highest BCUT2D eigenvalue weighted by Crippen LogP contribution is 2.37. The zero-order valence-corrected chi connectivity index (χ0v) is 17.8. The fourth-order valence-electron chi connectivity index (χ4n) is 3.00. The van der Waals surface area contributed by atoms with Crippen LogP contribution in [-0.2, 0) is 18.9 Å². The summed E-state index contributed by atoms with van der Waals surface area (Å²) in [4.78, 5) is 0. The number of fused-ring (bicyclic) bond motifs is 1. The lowest BCUT2D eigenvalue weighted by Gasteiger charge is -2.21. The molecule has 160 valence electrons. The molecule has 0 bridgehead atoms. The minimum absolute atomic E-state index is 0.413. The van der Waals surface area contributed by atoms with Crippen molar-refractivity contribution in [3.05, 3.63) is 23.3 Å². The lowest BCUT2D eigenvalue weighted by atomic mass is 9.90. The van der Waals surface area contributed by atoms with Crippen molar-refractivity contribution in [3.8, 4) is 11.5 Å². The molecule has 6 heteroatoms. The van der Waals surface area contributed by atoms with Gasteiger partial charge in [-0.15, -0.1) is 0 Å². The largest absolute Gasteiger partial charge is 0.487 e. The molecule has 2 rings (SSSR count). The average Bonchev–Trinajstić information content (AvgIpc) is 2.66. The maximum absolute atomic E-state index is 6.01. The van der Waals surface area contributed by atoms with E-state index in [-0.39, 0.29) is 0 Å². The highest BCUT2D eigenvalue weighted by atomic mass is 16.6. The Balaban J connectivity index is 2.09. The molecule has 1 aliphatic heterocycles. The van der Waals surface area contributed by atoms with E-state index in [1.807, 2.05) is 0 Å². The van der Waals surface area contributed by atoms with Gasteiger partial charge in [0.15, 0.2) is 11.5 Å². The van der Waals surface area contributed by atoms with Gasteiger partial charge in [-0.25, -0.2) is 0 Å². The molecule has 1 aromatic rings. The van der Waals surface area contributed by atoms with Crippen molar-refractivity contribution < 1.29 is 28.4 Å². The zero-order chi connectivity index (χ0) is 20.2. The van der Waals surface area contributed by atoms with Crippen LogP contribution in [0.5, 0.6) is 11.5 Å². The quantitative estimate of drug-likeness (QED) is 0.758. The van der Waals surface area contributed by atoms with E-state index in [1.54, 1.807) is 0 Å². The first-order chi connectivity index (χ1) is 13.6. The molecule has 28 heavy (non-hydrogen) atoms. The molecule has 1 heterocycles. The number of ether oxygens (including phenoxy) is 6. The van der Waals surface area contributed by atoms with Gasteiger partial charge in [-0.2, -0.15) is 0 Å². The lowest BCUT2D eigenvalue weighted by molar-refractivity contribution is -0.00842. The van der Waals surface area contributed by atoms with Crippen molar-refractivity contribution in [1.29, 1.82) is 0 Å². The van der Waals surface area contributed by atoms with E-state index >= 15 is 0 Å². The van der Waals surface area contributed by atoms with Gasteiger partial charge >= 0.3 is 0 Å². The standard InChI is InChI=1S/C22H36O6/c1-17(2)19-15-21-22(16-20(19)18(3)4)28-14-12-26-10-8-24-6-5-23-7-9-25-11-13-27-21/h15-18H,5-14H2,1-4H3. The van der Waals surface area contributed by atoms with Crippen molar-refractivity contribution in [1.82, 2.24) is 0 Å². The summed E-state index contributed by atoms with van der Waals surface area (Å²) in [7, 11) is 0. The van der Waals surface area contributed by atoms with Crippen LogP contribution in [0.2, 0.25) is 0 Å². The third-order valence-corrected chi connectivity index (χ3v) is 4.48. The monoisotopic (exact) mass is 396 g/mol. The van der Waals surface area contributed by atoms with Gasteiger partial charge in [0, 0.05) is 0 Å². The van der Waals surface area contributed by atoms with E-state index in [0.29, 0.717) is 77.9 Å². The molecule has 0 saturated carbocycles. The summed E-state index contributed by atoms with van der Waals surface area (Å²) in [6.45, 7) is 14.1. The molecule has 0 amide bonds. The molecule has 0 unspecified atom stereocenters. The minimum Gasteiger partial charge on any atom is -0.487 e. The summed E-state index contributed by atoms with van der Waals surface area (Å²) >= 11 is 0. The number of benzene rings is 1. The van der Waals surface area contributed by atoms with E-state index in [1.165, 1.54) is 11.1 Å². The van der Waals surface area contributed by atoms with Crippen LogP contribution in [0.15, 0.2) is 12.1 Å². The van der Waals surface area contributed by atoms with Crippen molar-refractivity contribution in [2.24, 2.45) is 0 Å². The van der Waals surface area contributed by atoms with E-state index in [2.05, 4.69) is 39.8 Å². The van der Waals surface area contributed by atoms with Crippen LogP contribution >= 0.6 is 0 Å². The maximum atomic E-state index is 6.01. The van der Waals surface area contributed by atoms with Crippen molar-refractivity contribution in [2.75, 3.05) is 66.1 Å². The molecule has 0 aliphatic carbocycles. The molecular formula is C22H36O6. The molecule has 0 spiro atoms. The molecule has 1 aromatic carbocycles. The van der Waals surface area contributed by atoms with Gasteiger partial charge in [-0.05, 0) is 35.1 Å². The Kier molecular flexibility index (Phi) is 10.6. The van der Waals surface area contributed by atoms with Crippen LogP contribution in [0.25, 0.3) is 0 Å². The first kappa shape index (κ1) is 22.9. The van der Waals surface area contributed by atoms with Gasteiger partial charge in [0.25, 0.3) is 0 Å². The molecule has 1 aliphatic rings. The average molecular weight is 397 g/mol. The van der Waals surface area contributed by atoms with Crippen LogP contribution in [0.3, 0.4) is 0 Å². The molecule has 0 radical (unpaired) electrons. The predicted octanol–water partition coefficient (Wildman–Crippen LogP) is 3.77. The summed E-state index contributed by atoms with van der Waals surface area (Å²) in [6.07, 6.45) is 0. The number of hydrogen-bond donors (Lipinski definition) is 0. The third kappa shape index (κ3) is 7.95. The zero-order valence-electron chi connectivity index (χ0n) is 17.8. The number of rotatable bonds is 2. The lowest BCUT2D eigenvalue weighted by Crippen LogP contribution is -2.16. The van der Waals surface area contributed by atoms with Crippen molar-refractivity contribution >= 4 is 0 Å². The van der Waals surface area contributed by atoms with Gasteiger partial charge in [0.1, 0.15) is 13.2 Å². The molecule has 0 atom stereocenters. The van der Waals surface area contributed by atoms with E-state index in [4.69, 9.17) is 28.4 Å². The van der Waals surface area contributed by atoms with Gasteiger partial charge in [0.2, 0.25) is 0 Å². The van der Waals surface area contributed by atoms with Crippen LogP contribution in [0.1, 0.15) is 50.7 Å². The molecule has 0 fully saturated rings. The van der Waals surface area contributed by atoms with E-state index in [0.717, 1.165) is 11.5 Å². The Hall–Kier alpha value is -1.34. The van der Waals surface area contributed by atoms with Crippen molar-refractivity contribution in [2.45, 2.75) is 39.5 Å². The van der Waals surface area contributed by atoms with Crippen LogP contribution in [-0.4, -0.2) is 66.1 Å². The highest BCUT2D eigenvalue weighted by Gasteiger charge is 2.17. The summed E-state index contributed by atoms with van der Waals surface area (Å²) in [5.74, 6) is 2.35. The molecule has 6 nitrogen and oxygen atoms in total.